The lowest BCUT2D eigenvalue weighted by Gasteiger charge is -2.21. The molecule has 0 aromatic carbocycles. The Morgan fingerprint density at radius 2 is 0.596 bits per heavy atom. The summed E-state index contributed by atoms with van der Waals surface area (Å²) in [5.74, 6) is -0.569. The highest BCUT2D eigenvalue weighted by molar-refractivity contribution is 7.47. The van der Waals surface area contributed by atoms with E-state index in [1.807, 2.05) is 0 Å². The van der Waals surface area contributed by atoms with Crippen LogP contribution in [0.1, 0.15) is 363 Å². The fraction of sp³-hybridized carbons (Fsp3) is 0.893. The first-order valence-corrected chi connectivity index (χ1v) is 41.4. The summed E-state index contributed by atoms with van der Waals surface area (Å²) in [6.45, 7) is 9.48. The average molecular weight is 1380 g/mol. The number of aliphatic hydroxyl groups excluding tert-OH is 1. The molecular formula is C75H142O17P2. The Balaban J connectivity index is 5.19. The summed E-state index contributed by atoms with van der Waals surface area (Å²) in [7, 11) is -9.91. The number of phosphoric ester groups is 2. The van der Waals surface area contributed by atoms with E-state index in [-0.39, 0.29) is 25.7 Å². The zero-order chi connectivity index (χ0) is 69.3. The van der Waals surface area contributed by atoms with Crippen molar-refractivity contribution in [2.24, 2.45) is 11.8 Å². The van der Waals surface area contributed by atoms with E-state index in [1.165, 1.54) is 148 Å². The van der Waals surface area contributed by atoms with Crippen LogP contribution in [0.4, 0.5) is 0 Å². The maximum absolute atomic E-state index is 13.1. The third kappa shape index (κ3) is 65.5. The van der Waals surface area contributed by atoms with Crippen molar-refractivity contribution in [1.82, 2.24) is 0 Å². The second-order valence-corrected chi connectivity index (χ2v) is 29.7. The summed E-state index contributed by atoms with van der Waals surface area (Å²) in [6.07, 6.45) is 56.6. The molecule has 0 rings (SSSR count). The number of carbonyl (C=O) groups excluding carboxylic acids is 4. The zero-order valence-corrected chi connectivity index (χ0v) is 62.5. The van der Waals surface area contributed by atoms with Crippen LogP contribution in [0.5, 0.6) is 0 Å². The number of phosphoric acid groups is 2. The number of esters is 4. The number of hydrogen-bond donors (Lipinski definition) is 3. The Kier molecular flexibility index (Phi) is 64.7. The van der Waals surface area contributed by atoms with Gasteiger partial charge < -0.3 is 33.8 Å². The predicted octanol–water partition coefficient (Wildman–Crippen LogP) is 21.5. The maximum Gasteiger partial charge on any atom is 0.472 e. The van der Waals surface area contributed by atoms with Crippen LogP contribution in [0.15, 0.2) is 24.3 Å². The summed E-state index contributed by atoms with van der Waals surface area (Å²) < 4.78 is 68.2. The number of unbranched alkanes of at least 4 members (excludes halogenated alkanes) is 37. The van der Waals surface area contributed by atoms with Crippen LogP contribution in [0.3, 0.4) is 0 Å². The number of carbonyl (C=O) groups is 4. The van der Waals surface area contributed by atoms with Gasteiger partial charge in [0, 0.05) is 25.7 Å². The first kappa shape index (κ1) is 91.5. The molecule has 0 aromatic heterocycles. The number of aliphatic hydroxyl groups is 1. The quantitative estimate of drug-likeness (QED) is 0.0169. The number of hydrogen-bond acceptors (Lipinski definition) is 15. The summed E-state index contributed by atoms with van der Waals surface area (Å²) in [4.78, 5) is 72.5. The molecule has 0 saturated carbocycles. The Morgan fingerprint density at radius 1 is 0.340 bits per heavy atom. The van der Waals surface area contributed by atoms with Gasteiger partial charge in [-0.2, -0.15) is 0 Å². The molecule has 7 atom stereocenters. The zero-order valence-electron chi connectivity index (χ0n) is 60.7. The van der Waals surface area contributed by atoms with Gasteiger partial charge in [0.25, 0.3) is 0 Å². The van der Waals surface area contributed by atoms with E-state index >= 15 is 0 Å². The number of rotatable bonds is 72. The minimum absolute atomic E-state index is 0.100. The lowest BCUT2D eigenvalue weighted by Crippen LogP contribution is -2.30. The van der Waals surface area contributed by atoms with Crippen molar-refractivity contribution < 1.29 is 80.2 Å². The molecule has 4 unspecified atom stereocenters. The van der Waals surface area contributed by atoms with Gasteiger partial charge in [0.05, 0.1) is 26.4 Å². The first-order valence-electron chi connectivity index (χ1n) is 38.4. The fourth-order valence-corrected chi connectivity index (χ4v) is 12.5. The van der Waals surface area contributed by atoms with Crippen molar-refractivity contribution in [3.05, 3.63) is 24.3 Å². The molecule has 0 aliphatic heterocycles. The Labute approximate surface area is 573 Å². The molecule has 0 aliphatic rings. The average Bonchev–Trinajstić information content (AvgIpc) is 2.13. The van der Waals surface area contributed by atoms with Crippen molar-refractivity contribution in [3.63, 3.8) is 0 Å². The Bertz CT molecular complexity index is 1920. The van der Waals surface area contributed by atoms with E-state index in [2.05, 4.69) is 65.8 Å². The van der Waals surface area contributed by atoms with Crippen LogP contribution in [0.25, 0.3) is 0 Å². The van der Waals surface area contributed by atoms with Crippen LogP contribution in [0.2, 0.25) is 0 Å². The fourth-order valence-electron chi connectivity index (χ4n) is 10.9. The topological polar surface area (TPSA) is 237 Å². The van der Waals surface area contributed by atoms with E-state index in [0.29, 0.717) is 25.7 Å². The molecular weight excluding hydrogens is 1230 g/mol. The van der Waals surface area contributed by atoms with Crippen molar-refractivity contribution in [2.75, 3.05) is 39.6 Å². The summed E-state index contributed by atoms with van der Waals surface area (Å²) in [5, 5.41) is 10.6. The smallest absolute Gasteiger partial charge is 0.462 e. The summed E-state index contributed by atoms with van der Waals surface area (Å²) >= 11 is 0. The highest BCUT2D eigenvalue weighted by Crippen LogP contribution is 2.45. The molecule has 0 aromatic rings. The van der Waals surface area contributed by atoms with E-state index < -0.39 is 97.5 Å². The molecule has 0 aliphatic carbocycles. The molecule has 3 N–H and O–H groups in total. The lowest BCUT2D eigenvalue weighted by molar-refractivity contribution is -0.161. The van der Waals surface area contributed by atoms with Crippen LogP contribution < -0.4 is 0 Å². The number of allylic oxidation sites excluding steroid dienone is 4. The molecule has 0 heterocycles. The van der Waals surface area contributed by atoms with Gasteiger partial charge in [-0.15, -0.1) is 0 Å². The molecule has 0 saturated heterocycles. The van der Waals surface area contributed by atoms with Crippen LogP contribution in [0, 0.1) is 11.8 Å². The molecule has 19 heteroatoms. The molecule has 0 radical (unpaired) electrons. The van der Waals surface area contributed by atoms with Crippen molar-refractivity contribution in [3.8, 4) is 0 Å². The third-order valence-electron chi connectivity index (χ3n) is 17.6. The van der Waals surface area contributed by atoms with E-state index in [4.69, 9.17) is 37.0 Å². The second-order valence-electron chi connectivity index (χ2n) is 26.8. The monoisotopic (exact) mass is 1380 g/mol. The predicted molar refractivity (Wildman–Crippen MR) is 381 cm³/mol. The van der Waals surface area contributed by atoms with Crippen molar-refractivity contribution >= 4 is 39.5 Å². The first-order chi connectivity index (χ1) is 45.4. The Hall–Kier alpha value is -2.46. The standard InChI is InChI=1S/C75H142O17P2/c1-7-11-13-15-17-18-19-20-25-29-32-35-39-46-52-58-73(78)86-64-70(91-74(79)59-53-47-40-36-33-30-27-24-22-21-23-26-28-31-34-38-43-49-55-67(5)9-3)65-89-93(81,82)87-61-69(76)62-88-94(83,84)90-66-71(63-85-72(77)57-51-45-37-16-14-12-8-2)92-75(80)60-54-48-42-41-44-50-56-68(6)10-4/h18-20,25,67-71,76H,7-17,21-24,26-66H2,1-6H3,(H,81,82)(H,83,84)/b19-18-,25-20-/t67?,68?,69-,70-,71-/m1/s1. The van der Waals surface area contributed by atoms with Crippen molar-refractivity contribution in [2.45, 2.75) is 381 Å². The van der Waals surface area contributed by atoms with Gasteiger partial charge in [-0.25, -0.2) is 9.13 Å². The minimum Gasteiger partial charge on any atom is -0.462 e. The molecule has 0 spiro atoms. The normalized spacial score (nSPS) is 14.8. The van der Waals surface area contributed by atoms with Gasteiger partial charge in [0.2, 0.25) is 0 Å². The van der Waals surface area contributed by atoms with Crippen LogP contribution in [-0.2, 0) is 65.4 Å². The van der Waals surface area contributed by atoms with Crippen LogP contribution >= 0.6 is 15.6 Å². The second kappa shape index (κ2) is 66.4. The van der Waals surface area contributed by atoms with Gasteiger partial charge in [0.15, 0.2) is 12.2 Å². The molecule has 0 bridgehead atoms. The highest BCUT2D eigenvalue weighted by Gasteiger charge is 2.30. The van der Waals surface area contributed by atoms with Crippen molar-refractivity contribution in [1.29, 1.82) is 0 Å². The SMILES string of the molecule is CCCCCC/C=C\C=C/CCCCCCCC(=O)OC[C@H](COP(=O)(O)OC[C@@H](O)COP(=O)(O)OC[C@@H](COC(=O)CCCCCCCCC)OC(=O)CCCCCCCCC(C)CC)OC(=O)CCCCCCCCCCCCCCCCCCCCC(C)CC. The van der Waals surface area contributed by atoms with Gasteiger partial charge in [-0.3, -0.25) is 37.3 Å². The summed E-state index contributed by atoms with van der Waals surface area (Å²) in [6, 6.07) is 0. The maximum atomic E-state index is 13.1. The molecule has 554 valence electrons. The van der Waals surface area contributed by atoms with E-state index in [1.54, 1.807) is 0 Å². The molecule has 17 nitrogen and oxygen atoms in total. The largest absolute Gasteiger partial charge is 0.472 e. The van der Waals surface area contributed by atoms with Gasteiger partial charge in [-0.1, -0.05) is 310 Å². The molecule has 0 fully saturated rings. The minimum atomic E-state index is -4.96. The number of ether oxygens (including phenoxy) is 4. The lowest BCUT2D eigenvalue weighted by atomic mass is 9.99. The van der Waals surface area contributed by atoms with Crippen LogP contribution in [-0.4, -0.2) is 96.7 Å². The van der Waals surface area contributed by atoms with Gasteiger partial charge in [0.1, 0.15) is 19.3 Å². The van der Waals surface area contributed by atoms with E-state index in [9.17, 15) is 43.2 Å². The van der Waals surface area contributed by atoms with E-state index in [0.717, 1.165) is 134 Å². The third-order valence-corrected chi connectivity index (χ3v) is 19.5. The summed E-state index contributed by atoms with van der Waals surface area (Å²) in [5.41, 5.74) is 0. The molecule has 94 heavy (non-hydrogen) atoms. The molecule has 0 amide bonds. The van der Waals surface area contributed by atoms with Gasteiger partial charge >= 0.3 is 39.5 Å². The van der Waals surface area contributed by atoms with Gasteiger partial charge in [-0.05, 0) is 63.2 Å². The Morgan fingerprint density at radius 3 is 0.904 bits per heavy atom. The highest BCUT2D eigenvalue weighted by atomic mass is 31.2.